The lowest BCUT2D eigenvalue weighted by Crippen LogP contribution is -2.30. The molecule has 0 fully saturated rings. The van der Waals surface area contributed by atoms with Gasteiger partial charge in [0.05, 0.1) is 20.8 Å². The van der Waals surface area contributed by atoms with Gasteiger partial charge in [0.15, 0.2) is 11.5 Å². The monoisotopic (exact) mass is 318 g/mol. The smallest absolute Gasteiger partial charge is 0.239 e. The maximum Gasteiger partial charge on any atom is 0.239 e. The molecule has 1 aromatic carbocycles. The van der Waals surface area contributed by atoms with Gasteiger partial charge in [-0.25, -0.2) is 0 Å². The zero-order valence-corrected chi connectivity index (χ0v) is 14.0. The molecule has 126 valence electrons. The van der Waals surface area contributed by atoms with Crippen molar-refractivity contribution >= 4 is 11.6 Å². The summed E-state index contributed by atoms with van der Waals surface area (Å²) in [5, 5.41) is 6.05. The van der Waals surface area contributed by atoms with Crippen LogP contribution in [0.3, 0.4) is 0 Å². The zero-order chi connectivity index (χ0) is 16.5. The first-order valence-electron chi connectivity index (χ1n) is 8.13. The lowest BCUT2D eigenvalue weighted by Gasteiger charge is -2.13. The van der Waals surface area contributed by atoms with Crippen molar-refractivity contribution in [3.05, 3.63) is 29.8 Å². The number of allylic oxidation sites excluding steroid dienone is 1. The second-order valence-electron chi connectivity index (χ2n) is 5.63. The number of hydrogen-bond acceptors (Lipinski definition) is 4. The molecule has 23 heavy (non-hydrogen) atoms. The van der Waals surface area contributed by atoms with Gasteiger partial charge in [0, 0.05) is 18.3 Å². The fraction of sp³-hybridized carbons (Fsp3) is 0.500. The van der Waals surface area contributed by atoms with E-state index in [9.17, 15) is 4.79 Å². The molecule has 0 heterocycles. The summed E-state index contributed by atoms with van der Waals surface area (Å²) in [7, 11) is 3.19. The van der Waals surface area contributed by atoms with Gasteiger partial charge in [0.2, 0.25) is 5.91 Å². The molecule has 0 unspecified atom stereocenters. The van der Waals surface area contributed by atoms with Gasteiger partial charge in [-0.1, -0.05) is 11.6 Å². The van der Waals surface area contributed by atoms with Crippen LogP contribution in [0.25, 0.3) is 0 Å². The number of hydrogen-bond donors (Lipinski definition) is 2. The van der Waals surface area contributed by atoms with Crippen LogP contribution in [0.15, 0.2) is 29.8 Å². The second kappa shape index (κ2) is 9.08. The van der Waals surface area contributed by atoms with Crippen LogP contribution in [-0.2, 0) is 4.79 Å². The van der Waals surface area contributed by atoms with Gasteiger partial charge in [-0.2, -0.15) is 0 Å². The Kier molecular flexibility index (Phi) is 6.78. The van der Waals surface area contributed by atoms with Crippen LogP contribution in [0.5, 0.6) is 11.5 Å². The molecule has 0 spiro atoms. The summed E-state index contributed by atoms with van der Waals surface area (Å²) in [5.41, 5.74) is 2.30. The third-order valence-corrected chi connectivity index (χ3v) is 3.99. The molecular weight excluding hydrogens is 292 g/mol. The molecule has 5 nitrogen and oxygen atoms in total. The van der Waals surface area contributed by atoms with E-state index in [4.69, 9.17) is 9.47 Å². The zero-order valence-electron chi connectivity index (χ0n) is 14.0. The fourth-order valence-electron chi connectivity index (χ4n) is 2.69. The number of rotatable bonds is 8. The number of methoxy groups -OCH3 is 2. The maximum absolute atomic E-state index is 11.9. The van der Waals surface area contributed by atoms with E-state index in [0.29, 0.717) is 18.0 Å². The van der Waals surface area contributed by atoms with Gasteiger partial charge in [0.25, 0.3) is 0 Å². The highest BCUT2D eigenvalue weighted by Crippen LogP contribution is 2.29. The van der Waals surface area contributed by atoms with Crippen molar-refractivity contribution in [2.24, 2.45) is 0 Å². The fourth-order valence-corrected chi connectivity index (χ4v) is 2.69. The van der Waals surface area contributed by atoms with E-state index in [1.54, 1.807) is 14.2 Å². The van der Waals surface area contributed by atoms with Crippen LogP contribution in [0.2, 0.25) is 0 Å². The number of nitrogens with one attached hydrogen (secondary N) is 2. The Morgan fingerprint density at radius 3 is 2.70 bits per heavy atom. The molecule has 1 amide bonds. The van der Waals surface area contributed by atoms with E-state index in [2.05, 4.69) is 16.7 Å². The molecule has 0 aliphatic heterocycles. The van der Waals surface area contributed by atoms with Crippen LogP contribution >= 0.6 is 0 Å². The van der Waals surface area contributed by atoms with E-state index >= 15 is 0 Å². The first-order valence-corrected chi connectivity index (χ1v) is 8.13. The van der Waals surface area contributed by atoms with E-state index in [1.807, 2.05) is 18.2 Å². The summed E-state index contributed by atoms with van der Waals surface area (Å²) >= 11 is 0. The van der Waals surface area contributed by atoms with Crippen LogP contribution in [0.1, 0.15) is 32.1 Å². The minimum absolute atomic E-state index is 0.00352. The minimum Gasteiger partial charge on any atom is -0.493 e. The van der Waals surface area contributed by atoms with Crippen molar-refractivity contribution in [2.75, 3.05) is 32.6 Å². The van der Waals surface area contributed by atoms with Gasteiger partial charge >= 0.3 is 0 Å². The van der Waals surface area contributed by atoms with Crippen molar-refractivity contribution in [1.29, 1.82) is 0 Å². The molecular formula is C18H26N2O3. The quantitative estimate of drug-likeness (QED) is 0.723. The molecule has 0 saturated heterocycles. The van der Waals surface area contributed by atoms with Gasteiger partial charge < -0.3 is 20.1 Å². The summed E-state index contributed by atoms with van der Waals surface area (Å²) in [5.74, 6) is 1.31. The summed E-state index contributed by atoms with van der Waals surface area (Å²) < 4.78 is 10.4. The molecule has 1 aliphatic rings. The van der Waals surface area contributed by atoms with Crippen molar-refractivity contribution in [3.8, 4) is 11.5 Å². The Morgan fingerprint density at radius 1 is 1.17 bits per heavy atom. The van der Waals surface area contributed by atoms with Gasteiger partial charge in [0.1, 0.15) is 0 Å². The number of amides is 1. The molecule has 2 N–H and O–H groups in total. The van der Waals surface area contributed by atoms with Crippen molar-refractivity contribution < 1.29 is 14.3 Å². The Balaban J connectivity index is 1.72. The van der Waals surface area contributed by atoms with Crippen molar-refractivity contribution in [3.63, 3.8) is 0 Å². The molecule has 0 aromatic heterocycles. The normalized spacial score (nSPS) is 13.9. The standard InChI is InChI=1S/C18H26N2O3/c1-22-16-9-8-15(12-17(16)23-2)20-13-18(21)19-11-10-14-6-4-3-5-7-14/h6,8-9,12,20H,3-5,7,10-11,13H2,1-2H3,(H,19,21). The summed E-state index contributed by atoms with van der Waals surface area (Å²) in [6.45, 7) is 0.951. The van der Waals surface area contributed by atoms with E-state index < -0.39 is 0 Å². The number of carbonyl (C=O) groups excluding carboxylic acids is 1. The Bertz CT molecular complexity index is 555. The highest BCUT2D eigenvalue weighted by Gasteiger charge is 2.07. The van der Waals surface area contributed by atoms with Gasteiger partial charge in [-0.05, 0) is 44.2 Å². The predicted octanol–water partition coefficient (Wildman–Crippen LogP) is 3.12. The van der Waals surface area contributed by atoms with Crippen LogP contribution in [0, 0.1) is 0 Å². The summed E-state index contributed by atoms with van der Waals surface area (Å²) in [6.07, 6.45) is 8.22. The third kappa shape index (κ3) is 5.51. The molecule has 0 radical (unpaired) electrons. The SMILES string of the molecule is COc1ccc(NCC(=O)NCCC2=CCCCC2)cc1OC. The summed E-state index contributed by atoms with van der Waals surface area (Å²) in [4.78, 5) is 11.9. The largest absolute Gasteiger partial charge is 0.493 e. The molecule has 0 atom stereocenters. The molecule has 1 aliphatic carbocycles. The molecule has 2 rings (SSSR count). The topological polar surface area (TPSA) is 59.6 Å². The second-order valence-corrected chi connectivity index (χ2v) is 5.63. The average molecular weight is 318 g/mol. The van der Waals surface area contributed by atoms with Crippen LogP contribution in [0.4, 0.5) is 5.69 Å². The highest BCUT2D eigenvalue weighted by atomic mass is 16.5. The highest BCUT2D eigenvalue weighted by molar-refractivity contribution is 5.80. The Labute approximate surface area is 138 Å². The molecule has 1 aromatic rings. The number of anilines is 1. The first-order chi connectivity index (χ1) is 11.2. The Hall–Kier alpha value is -2.17. The van der Waals surface area contributed by atoms with Crippen LogP contribution in [-0.4, -0.2) is 33.2 Å². The lowest BCUT2D eigenvalue weighted by molar-refractivity contribution is -0.119. The molecule has 0 saturated carbocycles. The van der Waals surface area contributed by atoms with E-state index in [-0.39, 0.29) is 12.5 Å². The maximum atomic E-state index is 11.9. The molecule has 5 heteroatoms. The average Bonchev–Trinajstić information content (AvgIpc) is 2.60. The van der Waals surface area contributed by atoms with Crippen molar-refractivity contribution in [1.82, 2.24) is 5.32 Å². The summed E-state index contributed by atoms with van der Waals surface area (Å²) in [6, 6.07) is 5.50. The first kappa shape index (κ1) is 17.2. The van der Waals surface area contributed by atoms with E-state index in [1.165, 1.54) is 31.3 Å². The lowest BCUT2D eigenvalue weighted by atomic mass is 9.97. The third-order valence-electron chi connectivity index (χ3n) is 3.99. The minimum atomic E-state index is -0.00352. The number of benzene rings is 1. The van der Waals surface area contributed by atoms with Crippen molar-refractivity contribution in [2.45, 2.75) is 32.1 Å². The Morgan fingerprint density at radius 2 is 2.00 bits per heavy atom. The van der Waals surface area contributed by atoms with E-state index in [0.717, 1.165) is 12.1 Å². The van der Waals surface area contributed by atoms with Crippen LogP contribution < -0.4 is 20.1 Å². The van der Waals surface area contributed by atoms with Gasteiger partial charge in [-0.3, -0.25) is 4.79 Å². The number of ether oxygens (including phenoxy) is 2. The van der Waals surface area contributed by atoms with Gasteiger partial charge in [-0.15, -0.1) is 0 Å². The molecule has 0 bridgehead atoms. The predicted molar refractivity (Wildman–Crippen MR) is 92.2 cm³/mol. The number of carbonyl (C=O) groups is 1.